The highest BCUT2D eigenvalue weighted by atomic mass is 32.1. The number of pyridine rings is 1. The first kappa shape index (κ1) is 22.0. The molecule has 1 atom stereocenters. The van der Waals surface area contributed by atoms with Gasteiger partial charge in [-0.1, -0.05) is 36.4 Å². The van der Waals surface area contributed by atoms with Crippen LogP contribution in [0.2, 0.25) is 0 Å². The number of carbonyl (C=O) groups excluding carboxylic acids is 2. The fourth-order valence-electron chi connectivity index (χ4n) is 4.34. The molecule has 6 heteroatoms. The number of thiophene rings is 1. The van der Waals surface area contributed by atoms with E-state index in [4.69, 9.17) is 4.74 Å². The number of Topliss-reactive ketones (excluding diaryl/α,β-unsaturated/α-hetero) is 1. The molecule has 0 aliphatic carbocycles. The number of allylic oxidation sites excluding steroid dienone is 3. The average molecular weight is 447 g/mol. The van der Waals surface area contributed by atoms with Crippen molar-refractivity contribution in [2.75, 3.05) is 0 Å². The Bertz CT molecular complexity index is 1270. The Hall–Kier alpha value is -3.25. The van der Waals surface area contributed by atoms with E-state index in [9.17, 15) is 9.59 Å². The van der Waals surface area contributed by atoms with E-state index in [1.165, 1.54) is 18.3 Å². The lowest BCUT2D eigenvalue weighted by atomic mass is 9.79. The van der Waals surface area contributed by atoms with Gasteiger partial charge in [-0.05, 0) is 57.2 Å². The third kappa shape index (κ3) is 3.86. The average Bonchev–Trinajstić information content (AvgIpc) is 3.17. The molecule has 1 aliphatic rings. The molecule has 0 spiro atoms. The smallest absolute Gasteiger partial charge is 0.337 e. The van der Waals surface area contributed by atoms with Crippen LogP contribution in [0.1, 0.15) is 51.7 Å². The number of benzene rings is 1. The summed E-state index contributed by atoms with van der Waals surface area (Å²) in [4.78, 5) is 31.7. The lowest BCUT2D eigenvalue weighted by Crippen LogP contribution is -2.34. The molecule has 3 aromatic rings. The molecule has 0 amide bonds. The summed E-state index contributed by atoms with van der Waals surface area (Å²) in [6.07, 6.45) is 1.75. The minimum absolute atomic E-state index is 0.0802. The fraction of sp³-hybridized carbons (Fsp3) is 0.269. The van der Waals surface area contributed by atoms with Crippen LogP contribution in [0, 0.1) is 0 Å². The van der Waals surface area contributed by atoms with Crippen molar-refractivity contribution in [3.63, 3.8) is 0 Å². The first-order valence-electron chi connectivity index (χ1n) is 10.5. The molecular weight excluding hydrogens is 420 g/mol. The van der Waals surface area contributed by atoms with Crippen molar-refractivity contribution >= 4 is 33.3 Å². The molecule has 0 fully saturated rings. The van der Waals surface area contributed by atoms with Gasteiger partial charge in [-0.25, -0.2) is 9.78 Å². The van der Waals surface area contributed by atoms with E-state index in [0.29, 0.717) is 16.8 Å². The number of dihydropyridines is 1. The number of ether oxygens (including phenoxy) is 1. The predicted molar refractivity (Wildman–Crippen MR) is 127 cm³/mol. The molecule has 1 aliphatic heterocycles. The number of nitrogens with zero attached hydrogens (tertiary/aromatic N) is 1. The first-order chi connectivity index (χ1) is 15.2. The minimum Gasteiger partial charge on any atom is -0.451 e. The molecule has 5 nitrogen and oxygen atoms in total. The van der Waals surface area contributed by atoms with Crippen LogP contribution in [0.5, 0.6) is 0 Å². The molecular formula is C26H26N2O3S. The fourth-order valence-corrected chi connectivity index (χ4v) is 5.27. The molecule has 2 aromatic heterocycles. The summed E-state index contributed by atoms with van der Waals surface area (Å²) in [6, 6.07) is 13.5. The first-order valence-corrected chi connectivity index (χ1v) is 11.4. The second kappa shape index (κ2) is 8.36. The van der Waals surface area contributed by atoms with Crippen molar-refractivity contribution in [2.24, 2.45) is 0 Å². The van der Waals surface area contributed by atoms with Gasteiger partial charge in [0.1, 0.15) is 10.4 Å². The maximum atomic E-state index is 13.6. The Balaban J connectivity index is 1.82. The second-order valence-electron chi connectivity index (χ2n) is 8.50. The van der Waals surface area contributed by atoms with E-state index in [2.05, 4.69) is 10.3 Å². The topological polar surface area (TPSA) is 68.3 Å². The Morgan fingerprint density at radius 3 is 2.41 bits per heavy atom. The predicted octanol–water partition coefficient (Wildman–Crippen LogP) is 5.60. The van der Waals surface area contributed by atoms with E-state index < -0.39 is 17.5 Å². The van der Waals surface area contributed by atoms with Gasteiger partial charge in [-0.3, -0.25) is 4.79 Å². The zero-order chi connectivity index (χ0) is 23.0. The molecule has 32 heavy (non-hydrogen) atoms. The molecule has 3 heterocycles. The number of aromatic nitrogens is 1. The lowest BCUT2D eigenvalue weighted by molar-refractivity contribution is -0.152. The minimum atomic E-state index is -0.832. The summed E-state index contributed by atoms with van der Waals surface area (Å²) < 4.78 is 6.05. The van der Waals surface area contributed by atoms with Gasteiger partial charge >= 0.3 is 5.97 Å². The molecule has 4 rings (SSSR count). The largest absolute Gasteiger partial charge is 0.451 e. The maximum Gasteiger partial charge on any atom is 0.337 e. The third-order valence-corrected chi connectivity index (χ3v) is 6.79. The molecule has 1 aromatic carbocycles. The van der Waals surface area contributed by atoms with Gasteiger partial charge in [0, 0.05) is 34.5 Å². The zero-order valence-corrected chi connectivity index (χ0v) is 19.7. The molecule has 0 radical (unpaired) electrons. The van der Waals surface area contributed by atoms with Crippen LogP contribution >= 0.6 is 11.3 Å². The van der Waals surface area contributed by atoms with E-state index in [0.717, 1.165) is 27.0 Å². The van der Waals surface area contributed by atoms with Crippen molar-refractivity contribution in [3.05, 3.63) is 87.7 Å². The lowest BCUT2D eigenvalue weighted by Gasteiger charge is -2.33. The number of fused-ring (bicyclic) bond motifs is 1. The van der Waals surface area contributed by atoms with Crippen LogP contribution in [-0.4, -0.2) is 16.7 Å². The number of hydrogen-bond donors (Lipinski definition) is 1. The molecule has 1 N–H and O–H groups in total. The summed E-state index contributed by atoms with van der Waals surface area (Å²) in [6.45, 7) is 9.01. The van der Waals surface area contributed by atoms with Crippen LogP contribution in [0.15, 0.2) is 76.6 Å². The van der Waals surface area contributed by atoms with Gasteiger partial charge in [0.25, 0.3) is 0 Å². The summed E-state index contributed by atoms with van der Waals surface area (Å²) in [5.41, 5.74) is 3.43. The summed E-state index contributed by atoms with van der Waals surface area (Å²) in [5.74, 6) is -1.04. The Kier molecular flexibility index (Phi) is 5.73. The second-order valence-corrected chi connectivity index (χ2v) is 9.36. The number of ketones is 1. The van der Waals surface area contributed by atoms with Crippen molar-refractivity contribution in [2.45, 2.75) is 46.1 Å². The van der Waals surface area contributed by atoms with Crippen LogP contribution in [-0.2, 0) is 19.9 Å². The quantitative estimate of drug-likeness (QED) is 0.517. The van der Waals surface area contributed by atoms with Crippen molar-refractivity contribution in [3.8, 4) is 0 Å². The summed E-state index contributed by atoms with van der Waals surface area (Å²) >= 11 is 1.51. The third-order valence-electron chi connectivity index (χ3n) is 5.87. The maximum absolute atomic E-state index is 13.6. The van der Waals surface area contributed by atoms with Gasteiger partial charge in [-0.15, -0.1) is 11.3 Å². The Labute approximate surface area is 191 Å². The molecule has 0 saturated carbocycles. The van der Waals surface area contributed by atoms with Gasteiger partial charge in [-0.2, -0.15) is 0 Å². The number of esters is 1. The van der Waals surface area contributed by atoms with Crippen LogP contribution in [0.25, 0.3) is 10.2 Å². The van der Waals surface area contributed by atoms with Gasteiger partial charge < -0.3 is 10.1 Å². The molecule has 164 valence electrons. The van der Waals surface area contributed by atoms with Gasteiger partial charge in [0.15, 0.2) is 5.78 Å². The van der Waals surface area contributed by atoms with Crippen LogP contribution in [0.4, 0.5) is 0 Å². The summed E-state index contributed by atoms with van der Waals surface area (Å²) in [5, 5.41) is 6.17. The van der Waals surface area contributed by atoms with E-state index in [1.54, 1.807) is 6.20 Å². The van der Waals surface area contributed by atoms with Crippen molar-refractivity contribution in [1.29, 1.82) is 0 Å². The standard InChI is InChI=1S/C26H26N2O3S/c1-15-21(17(3)29)23(20-14-32-24-19(20)12-9-13-27-24)22(16(2)28-15)25(30)31-26(4,5)18-10-7-6-8-11-18/h6-14,23,28H,1-5H3. The number of carbonyl (C=O) groups is 2. The molecule has 0 bridgehead atoms. The van der Waals surface area contributed by atoms with E-state index in [1.807, 2.05) is 75.5 Å². The monoisotopic (exact) mass is 446 g/mol. The number of rotatable bonds is 5. The van der Waals surface area contributed by atoms with Crippen LogP contribution < -0.4 is 5.32 Å². The Morgan fingerprint density at radius 1 is 1.03 bits per heavy atom. The SMILES string of the molecule is CC(=O)C1=C(C)NC(C)=C(C(=O)OC(C)(C)c2ccccc2)C1c1csc2ncccc12. The van der Waals surface area contributed by atoms with Crippen molar-refractivity contribution < 1.29 is 14.3 Å². The highest BCUT2D eigenvalue weighted by molar-refractivity contribution is 7.16. The highest BCUT2D eigenvalue weighted by Gasteiger charge is 2.39. The number of nitrogens with one attached hydrogen (secondary N) is 1. The van der Waals surface area contributed by atoms with Crippen LogP contribution in [0.3, 0.4) is 0 Å². The highest BCUT2D eigenvalue weighted by Crippen LogP contribution is 2.44. The Morgan fingerprint density at radius 2 is 1.72 bits per heavy atom. The number of hydrogen-bond acceptors (Lipinski definition) is 6. The van der Waals surface area contributed by atoms with Gasteiger partial charge in [0.2, 0.25) is 0 Å². The zero-order valence-electron chi connectivity index (χ0n) is 18.9. The van der Waals surface area contributed by atoms with Crippen molar-refractivity contribution in [1.82, 2.24) is 10.3 Å². The van der Waals surface area contributed by atoms with E-state index >= 15 is 0 Å². The van der Waals surface area contributed by atoms with E-state index in [-0.39, 0.29) is 5.78 Å². The summed E-state index contributed by atoms with van der Waals surface area (Å²) in [7, 11) is 0. The van der Waals surface area contributed by atoms with Gasteiger partial charge in [0.05, 0.1) is 5.57 Å². The normalized spacial score (nSPS) is 16.8. The molecule has 0 saturated heterocycles. The molecule has 1 unspecified atom stereocenters.